The van der Waals surface area contributed by atoms with E-state index in [-0.39, 0.29) is 24.2 Å². The molecule has 0 radical (unpaired) electrons. The zero-order valence-electron chi connectivity index (χ0n) is 13.4. The van der Waals surface area contributed by atoms with Crippen molar-refractivity contribution in [1.82, 2.24) is 10.6 Å². The molecule has 0 saturated carbocycles. The average molecular weight is 345 g/mol. The molecule has 0 atom stereocenters. The Morgan fingerprint density at radius 2 is 1.33 bits per heavy atom. The van der Waals surface area contributed by atoms with Crippen molar-refractivity contribution in [3.63, 3.8) is 0 Å². The molecule has 2 aromatic rings. The second-order valence-corrected chi connectivity index (χ2v) is 5.71. The largest absolute Gasteiger partial charge is 0.354 e. The molecule has 24 heavy (non-hydrogen) atoms. The Morgan fingerprint density at radius 3 is 1.83 bits per heavy atom. The number of halogens is 1. The summed E-state index contributed by atoms with van der Waals surface area (Å²) in [7, 11) is 0. The zero-order chi connectivity index (χ0) is 17.2. The first-order valence-corrected chi connectivity index (χ1v) is 8.46. The van der Waals surface area contributed by atoms with Crippen LogP contribution >= 0.6 is 11.6 Å². The van der Waals surface area contributed by atoms with Gasteiger partial charge in [-0.1, -0.05) is 60.7 Å². The predicted octanol–water partition coefficient (Wildman–Crippen LogP) is 2.68. The van der Waals surface area contributed by atoms with Crippen LogP contribution in [-0.4, -0.2) is 30.8 Å². The maximum Gasteiger partial charge on any atom is 0.232 e. The lowest BCUT2D eigenvalue weighted by Crippen LogP contribution is -2.37. The molecule has 0 aliphatic heterocycles. The second kappa shape index (κ2) is 9.73. The van der Waals surface area contributed by atoms with Crippen molar-refractivity contribution in [1.29, 1.82) is 0 Å². The highest BCUT2D eigenvalue weighted by atomic mass is 35.5. The fraction of sp³-hybridized carbons (Fsp3) is 0.263. The molecular formula is C19H21ClN2O2. The molecule has 0 bridgehead atoms. The van der Waals surface area contributed by atoms with Gasteiger partial charge in [-0.3, -0.25) is 9.59 Å². The molecule has 2 N–H and O–H groups in total. The summed E-state index contributed by atoms with van der Waals surface area (Å²) in [5, 5.41) is 5.61. The van der Waals surface area contributed by atoms with Gasteiger partial charge in [0, 0.05) is 25.4 Å². The normalized spacial score (nSPS) is 10.4. The first-order valence-electron chi connectivity index (χ1n) is 7.92. The number of hydrogen-bond donors (Lipinski definition) is 2. The summed E-state index contributed by atoms with van der Waals surface area (Å²) in [5.74, 6) is -0.269. The Balaban J connectivity index is 2.00. The number of alkyl halides is 1. The van der Waals surface area contributed by atoms with Gasteiger partial charge in [-0.05, 0) is 11.1 Å². The molecule has 2 amide bonds. The second-order valence-electron chi connectivity index (χ2n) is 5.33. The van der Waals surface area contributed by atoms with Crippen molar-refractivity contribution in [3.05, 3.63) is 71.8 Å². The summed E-state index contributed by atoms with van der Waals surface area (Å²) < 4.78 is 0. The van der Waals surface area contributed by atoms with Crippen LogP contribution in [-0.2, 0) is 9.59 Å². The summed E-state index contributed by atoms with van der Waals surface area (Å²) in [5.41, 5.74) is 1.87. The lowest BCUT2D eigenvalue weighted by molar-refractivity contribution is -0.123. The van der Waals surface area contributed by atoms with Crippen LogP contribution in [0.15, 0.2) is 60.7 Å². The lowest BCUT2D eigenvalue weighted by Gasteiger charge is -2.18. The third kappa shape index (κ3) is 5.39. The molecule has 0 saturated heterocycles. The number of carbonyl (C=O) groups is 2. The van der Waals surface area contributed by atoms with E-state index in [1.165, 1.54) is 0 Å². The number of hydrogen-bond acceptors (Lipinski definition) is 2. The van der Waals surface area contributed by atoms with E-state index < -0.39 is 0 Å². The van der Waals surface area contributed by atoms with Crippen molar-refractivity contribution < 1.29 is 9.59 Å². The topological polar surface area (TPSA) is 58.2 Å². The monoisotopic (exact) mass is 344 g/mol. The zero-order valence-corrected chi connectivity index (χ0v) is 14.1. The molecule has 0 aromatic heterocycles. The van der Waals surface area contributed by atoms with Crippen LogP contribution in [0.3, 0.4) is 0 Å². The highest BCUT2D eigenvalue weighted by Gasteiger charge is 2.21. The van der Waals surface area contributed by atoms with Gasteiger partial charge in [-0.2, -0.15) is 0 Å². The van der Waals surface area contributed by atoms with Crippen LogP contribution in [0, 0.1) is 0 Å². The van der Waals surface area contributed by atoms with Gasteiger partial charge >= 0.3 is 0 Å². The number of rotatable bonds is 8. The third-order valence-corrected chi connectivity index (χ3v) is 3.78. The molecule has 5 heteroatoms. The van der Waals surface area contributed by atoms with Gasteiger partial charge in [0.2, 0.25) is 11.8 Å². The van der Waals surface area contributed by atoms with Gasteiger partial charge in [0.15, 0.2) is 0 Å². The minimum atomic E-state index is -0.369. The van der Waals surface area contributed by atoms with Crippen molar-refractivity contribution in [2.45, 2.75) is 12.3 Å². The fourth-order valence-corrected chi connectivity index (χ4v) is 2.62. The van der Waals surface area contributed by atoms with Gasteiger partial charge in [-0.15, -0.1) is 11.6 Å². The molecule has 0 spiro atoms. The minimum absolute atomic E-state index is 0.0843. The standard InChI is InChI=1S/C19H21ClN2O2/c20-12-11-17(23)21-13-14-22-19(24)18(15-7-3-1-4-8-15)16-9-5-2-6-10-16/h1-10,18H,11-14H2,(H,21,23)(H,22,24). The molecule has 0 aliphatic carbocycles. The van der Waals surface area contributed by atoms with Gasteiger partial charge < -0.3 is 10.6 Å². The molecule has 4 nitrogen and oxygen atoms in total. The fourth-order valence-electron chi connectivity index (χ4n) is 2.45. The summed E-state index contributed by atoms with van der Waals surface area (Å²) in [6.45, 7) is 0.765. The maximum atomic E-state index is 12.7. The molecule has 126 valence electrons. The van der Waals surface area contributed by atoms with Gasteiger partial charge in [0.1, 0.15) is 0 Å². The molecule has 0 aliphatic rings. The van der Waals surface area contributed by atoms with Crippen molar-refractivity contribution in [2.24, 2.45) is 0 Å². The van der Waals surface area contributed by atoms with Crippen LogP contribution in [0.25, 0.3) is 0 Å². The molecule has 2 rings (SSSR count). The minimum Gasteiger partial charge on any atom is -0.354 e. The summed E-state index contributed by atoms with van der Waals surface area (Å²) in [4.78, 5) is 24.0. The number of carbonyl (C=O) groups excluding carboxylic acids is 2. The van der Waals surface area contributed by atoms with Gasteiger partial charge in [0.05, 0.1) is 5.92 Å². The number of amides is 2. The average Bonchev–Trinajstić information content (AvgIpc) is 2.61. The van der Waals surface area contributed by atoms with E-state index in [0.717, 1.165) is 11.1 Å². The van der Waals surface area contributed by atoms with E-state index in [4.69, 9.17) is 11.6 Å². The first kappa shape index (κ1) is 18.0. The summed E-state index contributed by atoms with van der Waals surface area (Å²) in [6.07, 6.45) is 0.284. The molecule has 2 aromatic carbocycles. The summed E-state index contributed by atoms with van der Waals surface area (Å²) in [6, 6.07) is 19.3. The maximum absolute atomic E-state index is 12.7. The molecular weight excluding hydrogens is 324 g/mol. The van der Waals surface area contributed by atoms with Crippen LogP contribution < -0.4 is 10.6 Å². The Morgan fingerprint density at radius 1 is 0.833 bits per heavy atom. The van der Waals surface area contributed by atoms with Crippen molar-refractivity contribution >= 4 is 23.4 Å². The van der Waals surface area contributed by atoms with Crippen LogP contribution in [0.1, 0.15) is 23.5 Å². The quantitative estimate of drug-likeness (QED) is 0.571. The van der Waals surface area contributed by atoms with E-state index in [1.54, 1.807) is 0 Å². The predicted molar refractivity (Wildman–Crippen MR) is 96.1 cm³/mol. The van der Waals surface area contributed by atoms with Crippen LogP contribution in [0.5, 0.6) is 0 Å². The molecule has 0 unspecified atom stereocenters. The summed E-state index contributed by atoms with van der Waals surface area (Å²) >= 11 is 5.51. The number of benzene rings is 2. The SMILES string of the molecule is O=C(CCCl)NCCNC(=O)C(c1ccccc1)c1ccccc1. The highest BCUT2D eigenvalue weighted by Crippen LogP contribution is 2.24. The highest BCUT2D eigenvalue weighted by molar-refractivity contribution is 6.18. The Kier molecular flexibility index (Phi) is 7.30. The number of nitrogens with one attached hydrogen (secondary N) is 2. The smallest absolute Gasteiger partial charge is 0.232 e. The Labute approximate surface area is 147 Å². The Hall–Kier alpha value is -2.33. The molecule has 0 heterocycles. The van der Waals surface area contributed by atoms with E-state index in [2.05, 4.69) is 10.6 Å². The van der Waals surface area contributed by atoms with Crippen molar-refractivity contribution in [3.8, 4) is 0 Å². The Bertz CT molecular complexity index is 607. The van der Waals surface area contributed by atoms with E-state index >= 15 is 0 Å². The van der Waals surface area contributed by atoms with Crippen LogP contribution in [0.2, 0.25) is 0 Å². The van der Waals surface area contributed by atoms with E-state index in [0.29, 0.717) is 19.0 Å². The first-order chi connectivity index (χ1) is 11.7. The third-order valence-electron chi connectivity index (χ3n) is 3.60. The van der Waals surface area contributed by atoms with Gasteiger partial charge in [-0.25, -0.2) is 0 Å². The van der Waals surface area contributed by atoms with Crippen molar-refractivity contribution in [2.75, 3.05) is 19.0 Å². The van der Waals surface area contributed by atoms with E-state index in [1.807, 2.05) is 60.7 Å². The van der Waals surface area contributed by atoms with E-state index in [9.17, 15) is 9.59 Å². The van der Waals surface area contributed by atoms with Gasteiger partial charge in [0.25, 0.3) is 0 Å². The lowest BCUT2D eigenvalue weighted by atomic mass is 9.90. The van der Waals surface area contributed by atoms with Crippen LogP contribution in [0.4, 0.5) is 0 Å². The molecule has 0 fully saturated rings.